The second-order valence-electron chi connectivity index (χ2n) is 4.66. The molecule has 0 aliphatic heterocycles. The standard InChI is InChI=1S/C15H33NO5/c1-4-8-19-9-5-16(6-10-20-14-12-17-2)7-11-21-15-13-18-3/h4-15H2,1-3H3. The van der Waals surface area contributed by atoms with Crippen molar-refractivity contribution < 1.29 is 23.7 Å². The van der Waals surface area contributed by atoms with E-state index in [4.69, 9.17) is 23.7 Å². The molecule has 0 fully saturated rings. The lowest BCUT2D eigenvalue weighted by molar-refractivity contribution is 0.0286. The Hall–Kier alpha value is -0.240. The van der Waals surface area contributed by atoms with Gasteiger partial charge in [-0.15, -0.1) is 0 Å². The van der Waals surface area contributed by atoms with Crippen LogP contribution in [0.3, 0.4) is 0 Å². The van der Waals surface area contributed by atoms with Crippen molar-refractivity contribution in [1.82, 2.24) is 4.90 Å². The Morgan fingerprint density at radius 3 is 1.38 bits per heavy atom. The number of rotatable bonds is 17. The van der Waals surface area contributed by atoms with Crippen LogP contribution in [0.5, 0.6) is 0 Å². The first kappa shape index (κ1) is 20.8. The van der Waals surface area contributed by atoms with Gasteiger partial charge in [0.15, 0.2) is 0 Å². The Balaban J connectivity index is 3.69. The molecule has 0 saturated carbocycles. The maximum atomic E-state index is 5.54. The maximum Gasteiger partial charge on any atom is 0.0700 e. The number of nitrogens with zero attached hydrogens (tertiary/aromatic N) is 1. The molecule has 6 heteroatoms. The van der Waals surface area contributed by atoms with Gasteiger partial charge < -0.3 is 23.7 Å². The molecule has 0 rings (SSSR count). The number of methoxy groups -OCH3 is 2. The minimum atomic E-state index is 0.639. The van der Waals surface area contributed by atoms with Crippen molar-refractivity contribution in [2.24, 2.45) is 0 Å². The lowest BCUT2D eigenvalue weighted by Crippen LogP contribution is -2.34. The lowest BCUT2D eigenvalue weighted by atomic mass is 10.4. The number of hydrogen-bond donors (Lipinski definition) is 0. The minimum absolute atomic E-state index is 0.639. The average molecular weight is 307 g/mol. The molecular formula is C15H33NO5. The Bertz CT molecular complexity index is 181. The molecule has 0 bridgehead atoms. The summed E-state index contributed by atoms with van der Waals surface area (Å²) in [7, 11) is 3.36. The van der Waals surface area contributed by atoms with Crippen LogP contribution in [0.2, 0.25) is 0 Å². The quantitative estimate of drug-likeness (QED) is 0.374. The molecule has 0 aromatic heterocycles. The van der Waals surface area contributed by atoms with Gasteiger partial charge >= 0.3 is 0 Å². The van der Waals surface area contributed by atoms with Gasteiger partial charge in [-0.05, 0) is 6.42 Å². The van der Waals surface area contributed by atoms with Crippen LogP contribution in [-0.2, 0) is 23.7 Å². The lowest BCUT2D eigenvalue weighted by Gasteiger charge is -2.22. The Labute approximate surface area is 129 Å². The van der Waals surface area contributed by atoms with Crippen molar-refractivity contribution in [3.8, 4) is 0 Å². The average Bonchev–Trinajstić information content (AvgIpc) is 2.50. The molecule has 128 valence electrons. The molecule has 0 saturated heterocycles. The van der Waals surface area contributed by atoms with E-state index >= 15 is 0 Å². The normalized spacial score (nSPS) is 11.4. The highest BCUT2D eigenvalue weighted by Gasteiger charge is 2.05. The van der Waals surface area contributed by atoms with Crippen LogP contribution in [-0.4, -0.2) is 91.6 Å². The third-order valence-electron chi connectivity index (χ3n) is 2.87. The highest BCUT2D eigenvalue weighted by atomic mass is 16.5. The molecule has 0 atom stereocenters. The molecule has 0 unspecified atom stereocenters. The summed E-state index contributed by atoms with van der Waals surface area (Å²) in [6.07, 6.45) is 1.06. The van der Waals surface area contributed by atoms with Crippen molar-refractivity contribution in [2.75, 3.05) is 86.7 Å². The monoisotopic (exact) mass is 307 g/mol. The summed E-state index contributed by atoms with van der Waals surface area (Å²) in [6.45, 7) is 10.3. The first-order valence-electron chi connectivity index (χ1n) is 7.78. The van der Waals surface area contributed by atoms with Gasteiger partial charge in [-0.3, -0.25) is 4.90 Å². The van der Waals surface area contributed by atoms with Crippen LogP contribution >= 0.6 is 0 Å². The molecule has 0 amide bonds. The van der Waals surface area contributed by atoms with Gasteiger partial charge in [-0.2, -0.15) is 0 Å². The van der Waals surface area contributed by atoms with Crippen LogP contribution in [0.15, 0.2) is 0 Å². The van der Waals surface area contributed by atoms with E-state index in [2.05, 4.69) is 11.8 Å². The summed E-state index contributed by atoms with van der Waals surface area (Å²) in [6, 6.07) is 0. The molecule has 0 radical (unpaired) electrons. The van der Waals surface area contributed by atoms with Crippen LogP contribution in [0.1, 0.15) is 13.3 Å². The second-order valence-corrected chi connectivity index (χ2v) is 4.66. The maximum absolute atomic E-state index is 5.54. The molecule has 0 aromatic rings. The SMILES string of the molecule is CCCOCCN(CCOCCOC)CCOCCOC. The first-order valence-corrected chi connectivity index (χ1v) is 7.78. The highest BCUT2D eigenvalue weighted by molar-refractivity contribution is 4.57. The number of hydrogen-bond acceptors (Lipinski definition) is 6. The van der Waals surface area contributed by atoms with Crippen molar-refractivity contribution in [3.63, 3.8) is 0 Å². The zero-order chi connectivity index (χ0) is 15.6. The van der Waals surface area contributed by atoms with Crippen molar-refractivity contribution in [3.05, 3.63) is 0 Å². The fraction of sp³-hybridized carbons (Fsp3) is 1.00. The van der Waals surface area contributed by atoms with Crippen LogP contribution in [0, 0.1) is 0 Å². The predicted molar refractivity (Wildman–Crippen MR) is 82.9 cm³/mol. The second kappa shape index (κ2) is 17.8. The van der Waals surface area contributed by atoms with Gasteiger partial charge in [0.05, 0.1) is 46.2 Å². The molecular weight excluding hydrogens is 274 g/mol. The molecule has 0 aliphatic carbocycles. The molecule has 0 heterocycles. The van der Waals surface area contributed by atoms with Gasteiger partial charge in [0, 0.05) is 40.5 Å². The van der Waals surface area contributed by atoms with E-state index in [1.54, 1.807) is 14.2 Å². The fourth-order valence-electron chi connectivity index (χ4n) is 1.65. The molecule has 0 spiro atoms. The fourth-order valence-corrected chi connectivity index (χ4v) is 1.65. The van der Waals surface area contributed by atoms with Crippen molar-refractivity contribution in [1.29, 1.82) is 0 Å². The number of ether oxygens (including phenoxy) is 5. The highest BCUT2D eigenvalue weighted by Crippen LogP contribution is 1.92. The zero-order valence-electron chi connectivity index (χ0n) is 14.0. The Morgan fingerprint density at radius 2 is 1.00 bits per heavy atom. The summed E-state index contributed by atoms with van der Waals surface area (Å²) >= 11 is 0. The smallest absolute Gasteiger partial charge is 0.0700 e. The van der Waals surface area contributed by atoms with Gasteiger partial charge in [0.25, 0.3) is 0 Å². The molecule has 0 aliphatic rings. The third-order valence-corrected chi connectivity index (χ3v) is 2.87. The van der Waals surface area contributed by atoms with E-state index in [1.807, 2.05) is 0 Å². The summed E-state index contributed by atoms with van der Waals surface area (Å²) < 4.78 is 26.5. The van der Waals surface area contributed by atoms with Crippen LogP contribution < -0.4 is 0 Å². The van der Waals surface area contributed by atoms with E-state index < -0.39 is 0 Å². The van der Waals surface area contributed by atoms with E-state index in [1.165, 1.54) is 0 Å². The van der Waals surface area contributed by atoms with E-state index in [9.17, 15) is 0 Å². The Morgan fingerprint density at radius 1 is 0.571 bits per heavy atom. The van der Waals surface area contributed by atoms with Gasteiger partial charge in [0.2, 0.25) is 0 Å². The molecule has 0 N–H and O–H groups in total. The van der Waals surface area contributed by atoms with Crippen molar-refractivity contribution >= 4 is 0 Å². The Kier molecular flexibility index (Phi) is 17.6. The van der Waals surface area contributed by atoms with Crippen LogP contribution in [0.4, 0.5) is 0 Å². The molecule has 6 nitrogen and oxygen atoms in total. The third kappa shape index (κ3) is 16.0. The topological polar surface area (TPSA) is 49.4 Å². The first-order chi connectivity index (χ1) is 10.3. The summed E-state index contributed by atoms with van der Waals surface area (Å²) in [5.41, 5.74) is 0. The minimum Gasteiger partial charge on any atom is -0.382 e. The zero-order valence-corrected chi connectivity index (χ0v) is 14.0. The van der Waals surface area contributed by atoms with E-state index in [0.29, 0.717) is 39.6 Å². The van der Waals surface area contributed by atoms with Gasteiger partial charge in [-0.1, -0.05) is 6.92 Å². The van der Waals surface area contributed by atoms with Crippen LogP contribution in [0.25, 0.3) is 0 Å². The summed E-state index contributed by atoms with van der Waals surface area (Å²) in [5.74, 6) is 0. The van der Waals surface area contributed by atoms with Gasteiger partial charge in [0.1, 0.15) is 0 Å². The molecule has 0 aromatic carbocycles. The largest absolute Gasteiger partial charge is 0.382 e. The summed E-state index contributed by atoms with van der Waals surface area (Å²) in [5, 5.41) is 0. The van der Waals surface area contributed by atoms with E-state index in [0.717, 1.165) is 39.3 Å². The van der Waals surface area contributed by atoms with Crippen molar-refractivity contribution in [2.45, 2.75) is 13.3 Å². The summed E-state index contributed by atoms with van der Waals surface area (Å²) in [4.78, 5) is 2.30. The van der Waals surface area contributed by atoms with Gasteiger partial charge in [-0.25, -0.2) is 0 Å². The van der Waals surface area contributed by atoms with E-state index in [-0.39, 0.29) is 0 Å². The molecule has 21 heavy (non-hydrogen) atoms. The predicted octanol–water partition coefficient (Wildman–Crippen LogP) is 1.04.